The zero-order valence-electron chi connectivity index (χ0n) is 11.8. The van der Waals surface area contributed by atoms with Crippen LogP contribution >= 0.6 is 11.6 Å². The van der Waals surface area contributed by atoms with Gasteiger partial charge in [0.25, 0.3) is 0 Å². The molecule has 1 fully saturated rings. The molecule has 1 aromatic carbocycles. The third kappa shape index (κ3) is 5.23. The maximum atomic E-state index is 12.0. The molecular weight excluding hydrogens is 312 g/mol. The van der Waals surface area contributed by atoms with Crippen LogP contribution in [0, 0.1) is 0 Å². The van der Waals surface area contributed by atoms with Crippen LogP contribution in [0.5, 0.6) is 0 Å². The molecule has 3 N–H and O–H groups in total. The number of halogens is 1. The number of nitrogens with one attached hydrogen (secondary N) is 1. The summed E-state index contributed by atoms with van der Waals surface area (Å²) in [5.41, 5.74) is 5.83. The molecule has 0 bridgehead atoms. The lowest BCUT2D eigenvalue weighted by molar-refractivity contribution is 0.0287. The molecule has 0 saturated heterocycles. The lowest BCUT2D eigenvalue weighted by atomic mass is 9.94. The van der Waals surface area contributed by atoms with Gasteiger partial charge < -0.3 is 10.5 Å². The predicted molar refractivity (Wildman–Crippen MR) is 82.8 cm³/mol. The van der Waals surface area contributed by atoms with E-state index in [0.717, 1.165) is 25.7 Å². The van der Waals surface area contributed by atoms with E-state index in [-0.39, 0.29) is 23.6 Å². The molecular formula is C14H21ClN2O3S. The van der Waals surface area contributed by atoms with Crippen molar-refractivity contribution in [1.82, 2.24) is 4.72 Å². The van der Waals surface area contributed by atoms with Crippen molar-refractivity contribution in [3.8, 4) is 0 Å². The van der Waals surface area contributed by atoms with Crippen LogP contribution in [0.3, 0.4) is 0 Å². The van der Waals surface area contributed by atoms with Gasteiger partial charge >= 0.3 is 0 Å². The maximum Gasteiger partial charge on any atom is 0.240 e. The Hall–Kier alpha value is -0.660. The van der Waals surface area contributed by atoms with Gasteiger partial charge in [-0.25, -0.2) is 13.1 Å². The van der Waals surface area contributed by atoms with Gasteiger partial charge in [0, 0.05) is 17.6 Å². The number of rotatable bonds is 6. The molecule has 0 heterocycles. The minimum atomic E-state index is -3.53. The molecule has 118 valence electrons. The fourth-order valence-electron chi connectivity index (χ4n) is 2.37. The van der Waals surface area contributed by atoms with Gasteiger partial charge in [-0.1, -0.05) is 17.7 Å². The lowest BCUT2D eigenvalue weighted by Gasteiger charge is -2.26. The summed E-state index contributed by atoms with van der Waals surface area (Å²) in [5.74, 6) is 0. The number of hydrogen-bond acceptors (Lipinski definition) is 4. The Morgan fingerprint density at radius 1 is 1.29 bits per heavy atom. The van der Waals surface area contributed by atoms with E-state index in [0.29, 0.717) is 11.6 Å². The van der Waals surface area contributed by atoms with Crippen molar-refractivity contribution in [2.45, 2.75) is 42.7 Å². The zero-order valence-corrected chi connectivity index (χ0v) is 13.4. The largest absolute Gasteiger partial charge is 0.377 e. The molecule has 1 aliphatic carbocycles. The van der Waals surface area contributed by atoms with Gasteiger partial charge in [0.2, 0.25) is 10.0 Å². The zero-order chi connectivity index (χ0) is 15.3. The summed E-state index contributed by atoms with van der Waals surface area (Å²) in [6, 6.07) is 6.47. The third-order valence-corrected chi connectivity index (χ3v) is 5.27. The van der Waals surface area contributed by atoms with Gasteiger partial charge in [0.1, 0.15) is 0 Å². The van der Waals surface area contributed by atoms with Gasteiger partial charge in [0.05, 0.1) is 17.6 Å². The highest BCUT2D eigenvalue weighted by atomic mass is 35.5. The second-order valence-corrected chi connectivity index (χ2v) is 7.47. The molecule has 0 amide bonds. The molecule has 5 nitrogen and oxygen atoms in total. The lowest BCUT2D eigenvalue weighted by Crippen LogP contribution is -2.33. The van der Waals surface area contributed by atoms with Crippen LogP contribution in [0.25, 0.3) is 0 Å². The van der Waals surface area contributed by atoms with E-state index in [2.05, 4.69) is 4.72 Å². The number of hydrogen-bond donors (Lipinski definition) is 2. The van der Waals surface area contributed by atoms with Crippen molar-refractivity contribution >= 4 is 21.6 Å². The van der Waals surface area contributed by atoms with Crippen molar-refractivity contribution in [2.24, 2.45) is 5.73 Å². The first kappa shape index (κ1) is 16.7. The van der Waals surface area contributed by atoms with E-state index in [1.165, 1.54) is 12.1 Å². The van der Waals surface area contributed by atoms with Crippen LogP contribution in [0.15, 0.2) is 29.2 Å². The molecule has 7 heteroatoms. The summed E-state index contributed by atoms with van der Waals surface area (Å²) in [5, 5.41) is 0.396. The van der Waals surface area contributed by atoms with Gasteiger partial charge in [-0.05, 0) is 43.9 Å². The van der Waals surface area contributed by atoms with Crippen LogP contribution < -0.4 is 10.5 Å². The highest BCUT2D eigenvalue weighted by Crippen LogP contribution is 2.19. The van der Waals surface area contributed by atoms with Gasteiger partial charge in [-0.2, -0.15) is 0 Å². The molecule has 0 spiro atoms. The van der Waals surface area contributed by atoms with Crippen molar-refractivity contribution in [1.29, 1.82) is 0 Å². The molecule has 0 radical (unpaired) electrons. The molecule has 1 aliphatic rings. The molecule has 1 aromatic rings. The second-order valence-electron chi connectivity index (χ2n) is 5.26. The van der Waals surface area contributed by atoms with Crippen LogP contribution in [-0.4, -0.2) is 33.7 Å². The van der Waals surface area contributed by atoms with Crippen LogP contribution in [0.4, 0.5) is 0 Å². The van der Waals surface area contributed by atoms with E-state index >= 15 is 0 Å². The smallest absolute Gasteiger partial charge is 0.240 e. The molecule has 21 heavy (non-hydrogen) atoms. The number of nitrogens with two attached hydrogens (primary N) is 1. The average molecular weight is 333 g/mol. The molecule has 0 aromatic heterocycles. The Morgan fingerprint density at radius 2 is 2.00 bits per heavy atom. The first-order chi connectivity index (χ1) is 9.97. The summed E-state index contributed by atoms with van der Waals surface area (Å²) >= 11 is 5.80. The fourth-order valence-corrected chi connectivity index (χ4v) is 3.69. The Labute approximate surface area is 130 Å². The van der Waals surface area contributed by atoms with E-state index in [1.807, 2.05) is 0 Å². The molecule has 0 aliphatic heterocycles. The summed E-state index contributed by atoms with van der Waals surface area (Å²) in [4.78, 5) is 0.165. The van der Waals surface area contributed by atoms with E-state index < -0.39 is 10.0 Å². The number of ether oxygens (including phenoxy) is 1. The third-order valence-electron chi connectivity index (χ3n) is 3.57. The van der Waals surface area contributed by atoms with E-state index in [4.69, 9.17) is 22.1 Å². The Balaban J connectivity index is 1.75. The highest BCUT2D eigenvalue weighted by Gasteiger charge is 2.19. The minimum Gasteiger partial charge on any atom is -0.377 e. The Morgan fingerprint density at radius 3 is 2.67 bits per heavy atom. The molecule has 0 atom stereocenters. The SMILES string of the molecule is NC1CCC(OCCNS(=O)(=O)c2cccc(Cl)c2)CC1. The summed E-state index contributed by atoms with van der Waals surface area (Å²) in [6.45, 7) is 0.608. The Kier molecular flexibility index (Phi) is 6.01. The summed E-state index contributed by atoms with van der Waals surface area (Å²) in [7, 11) is -3.53. The quantitative estimate of drug-likeness (QED) is 0.780. The average Bonchev–Trinajstić information content (AvgIpc) is 2.45. The Bertz CT molecular complexity index is 557. The van der Waals surface area contributed by atoms with Crippen molar-refractivity contribution < 1.29 is 13.2 Å². The first-order valence-electron chi connectivity index (χ1n) is 7.10. The van der Waals surface area contributed by atoms with Gasteiger partial charge in [0.15, 0.2) is 0 Å². The van der Waals surface area contributed by atoms with Crippen LogP contribution in [0.1, 0.15) is 25.7 Å². The molecule has 2 rings (SSSR count). The van der Waals surface area contributed by atoms with Crippen LogP contribution in [-0.2, 0) is 14.8 Å². The normalized spacial score (nSPS) is 23.1. The van der Waals surface area contributed by atoms with Crippen molar-refractivity contribution in [3.63, 3.8) is 0 Å². The maximum absolute atomic E-state index is 12.0. The van der Waals surface area contributed by atoms with Crippen molar-refractivity contribution in [2.75, 3.05) is 13.2 Å². The van der Waals surface area contributed by atoms with Crippen LogP contribution in [0.2, 0.25) is 5.02 Å². The van der Waals surface area contributed by atoms with Gasteiger partial charge in [-0.3, -0.25) is 0 Å². The highest BCUT2D eigenvalue weighted by molar-refractivity contribution is 7.89. The predicted octanol–water partition coefficient (Wildman–Crippen LogP) is 1.90. The van der Waals surface area contributed by atoms with E-state index in [9.17, 15) is 8.42 Å². The van der Waals surface area contributed by atoms with Crippen molar-refractivity contribution in [3.05, 3.63) is 29.3 Å². The minimum absolute atomic E-state index is 0.165. The molecule has 0 unspecified atom stereocenters. The summed E-state index contributed by atoms with van der Waals surface area (Å²) in [6.07, 6.45) is 4.03. The first-order valence-corrected chi connectivity index (χ1v) is 8.96. The molecule has 1 saturated carbocycles. The van der Waals surface area contributed by atoms with Gasteiger partial charge in [-0.15, -0.1) is 0 Å². The summed E-state index contributed by atoms with van der Waals surface area (Å²) < 4.78 is 32.3. The second kappa shape index (κ2) is 7.56. The number of benzene rings is 1. The fraction of sp³-hybridized carbons (Fsp3) is 0.571. The standard InChI is InChI=1S/C14H21ClN2O3S/c15-11-2-1-3-14(10-11)21(18,19)17-8-9-20-13-6-4-12(16)5-7-13/h1-3,10,12-13,17H,4-9,16H2. The number of sulfonamides is 1. The van der Waals surface area contributed by atoms with E-state index in [1.54, 1.807) is 12.1 Å². The monoisotopic (exact) mass is 332 g/mol. The topological polar surface area (TPSA) is 81.4 Å².